The third-order valence-electron chi connectivity index (χ3n) is 3.34. The average molecular weight is 370 g/mol. The Balaban J connectivity index is 2.10. The Morgan fingerprint density at radius 1 is 1.16 bits per heavy atom. The van der Waals surface area contributed by atoms with E-state index in [1.54, 1.807) is 0 Å². The van der Waals surface area contributed by atoms with Crippen LogP contribution in [0.15, 0.2) is 47.4 Å². The predicted molar refractivity (Wildman–Crippen MR) is 87.8 cm³/mol. The first-order valence-corrected chi connectivity index (χ1v) is 8.53. The van der Waals surface area contributed by atoms with Crippen LogP contribution in [0.1, 0.15) is 0 Å². The number of sulfonamides is 1. The van der Waals surface area contributed by atoms with Gasteiger partial charge >= 0.3 is 0 Å². The van der Waals surface area contributed by atoms with Crippen molar-refractivity contribution < 1.29 is 26.7 Å². The highest BCUT2D eigenvalue weighted by atomic mass is 32.2. The van der Waals surface area contributed by atoms with Crippen molar-refractivity contribution in [3.8, 4) is 5.75 Å². The van der Waals surface area contributed by atoms with Crippen molar-refractivity contribution >= 4 is 21.6 Å². The van der Waals surface area contributed by atoms with Crippen molar-refractivity contribution in [1.82, 2.24) is 4.31 Å². The van der Waals surface area contributed by atoms with Crippen LogP contribution in [-0.4, -0.2) is 39.3 Å². The number of methoxy groups -OCH3 is 1. The Morgan fingerprint density at radius 2 is 1.80 bits per heavy atom. The lowest BCUT2D eigenvalue weighted by atomic mass is 10.3. The van der Waals surface area contributed by atoms with E-state index in [0.717, 1.165) is 22.5 Å². The lowest BCUT2D eigenvalue weighted by Crippen LogP contribution is -2.35. The summed E-state index contributed by atoms with van der Waals surface area (Å²) in [5, 5.41) is 2.14. The van der Waals surface area contributed by atoms with Crippen LogP contribution in [0.4, 0.5) is 14.5 Å². The maximum atomic E-state index is 13.5. The minimum absolute atomic E-state index is 0.0273. The fourth-order valence-electron chi connectivity index (χ4n) is 2.00. The number of amides is 1. The number of likely N-dealkylation sites (N-methyl/N-ethyl adjacent to an activating group) is 1. The van der Waals surface area contributed by atoms with Crippen LogP contribution < -0.4 is 10.1 Å². The number of nitrogens with zero attached hydrogens (tertiary/aromatic N) is 1. The molecular formula is C16H16F2N2O4S. The molecule has 0 bridgehead atoms. The van der Waals surface area contributed by atoms with Gasteiger partial charge in [-0.3, -0.25) is 4.79 Å². The lowest BCUT2D eigenvalue weighted by Gasteiger charge is -2.17. The van der Waals surface area contributed by atoms with Gasteiger partial charge in [0.1, 0.15) is 17.4 Å². The molecule has 25 heavy (non-hydrogen) atoms. The number of carbonyl (C=O) groups excluding carboxylic acids is 1. The molecule has 1 amide bonds. The first-order chi connectivity index (χ1) is 11.7. The van der Waals surface area contributed by atoms with Gasteiger partial charge in [-0.2, -0.15) is 4.31 Å². The van der Waals surface area contributed by atoms with Crippen molar-refractivity contribution in [2.24, 2.45) is 0 Å². The Kier molecular flexibility index (Phi) is 5.70. The summed E-state index contributed by atoms with van der Waals surface area (Å²) in [4.78, 5) is 11.9. The number of nitrogens with one attached hydrogen (secondary N) is 1. The van der Waals surface area contributed by atoms with Crippen molar-refractivity contribution in [2.75, 3.05) is 26.0 Å². The Bertz CT molecular complexity index is 870. The van der Waals surface area contributed by atoms with E-state index in [4.69, 9.17) is 4.74 Å². The van der Waals surface area contributed by atoms with Gasteiger partial charge in [-0.05, 0) is 36.4 Å². The summed E-state index contributed by atoms with van der Waals surface area (Å²) in [6, 6.07) is 8.22. The van der Waals surface area contributed by atoms with Crippen LogP contribution in [0.3, 0.4) is 0 Å². The van der Waals surface area contributed by atoms with Gasteiger partial charge in [0.2, 0.25) is 15.9 Å². The molecule has 1 N–H and O–H groups in total. The Hall–Kier alpha value is -2.52. The van der Waals surface area contributed by atoms with Gasteiger partial charge in [0, 0.05) is 13.1 Å². The van der Waals surface area contributed by atoms with Crippen LogP contribution >= 0.6 is 0 Å². The fraction of sp³-hybridized carbons (Fsp3) is 0.188. The predicted octanol–water partition coefficient (Wildman–Crippen LogP) is 2.23. The van der Waals surface area contributed by atoms with Gasteiger partial charge in [0.05, 0.1) is 24.2 Å². The first-order valence-electron chi connectivity index (χ1n) is 7.09. The summed E-state index contributed by atoms with van der Waals surface area (Å²) < 4.78 is 57.2. The number of halogens is 2. The standard InChI is InChI=1S/C16H16F2N2O4S/c1-20(25(22,23)13-6-4-12(24-2)5-7-13)10-16(21)19-15-9-11(17)3-8-14(15)18/h3-9H,10H2,1-2H3,(H,19,21). The second-order valence-electron chi connectivity index (χ2n) is 5.11. The average Bonchev–Trinajstić information content (AvgIpc) is 2.58. The summed E-state index contributed by atoms with van der Waals surface area (Å²) in [5.41, 5.74) is -0.361. The topological polar surface area (TPSA) is 75.7 Å². The van der Waals surface area contributed by atoms with Gasteiger partial charge in [0.15, 0.2) is 0 Å². The van der Waals surface area contributed by atoms with E-state index in [1.807, 2.05) is 0 Å². The number of carbonyl (C=O) groups is 1. The molecule has 134 valence electrons. The molecule has 2 rings (SSSR count). The summed E-state index contributed by atoms with van der Waals surface area (Å²) in [5.74, 6) is -1.86. The Labute approximate surface area is 144 Å². The summed E-state index contributed by atoms with van der Waals surface area (Å²) in [6.07, 6.45) is 0. The van der Waals surface area contributed by atoms with Gasteiger partial charge in [-0.25, -0.2) is 17.2 Å². The SMILES string of the molecule is COc1ccc(S(=O)(=O)N(C)CC(=O)Nc2cc(F)ccc2F)cc1. The molecule has 0 radical (unpaired) electrons. The number of hydrogen-bond acceptors (Lipinski definition) is 4. The molecular weight excluding hydrogens is 354 g/mol. The monoisotopic (exact) mass is 370 g/mol. The van der Waals surface area contributed by atoms with Crippen LogP contribution in [0.25, 0.3) is 0 Å². The third-order valence-corrected chi connectivity index (χ3v) is 5.15. The van der Waals surface area contributed by atoms with Gasteiger partial charge in [0.25, 0.3) is 0 Å². The smallest absolute Gasteiger partial charge is 0.243 e. The second-order valence-corrected chi connectivity index (χ2v) is 7.15. The molecule has 0 spiro atoms. The molecule has 0 aliphatic heterocycles. The molecule has 0 unspecified atom stereocenters. The van der Waals surface area contributed by atoms with Crippen LogP contribution in [-0.2, 0) is 14.8 Å². The van der Waals surface area contributed by atoms with Crippen molar-refractivity contribution in [1.29, 1.82) is 0 Å². The molecule has 0 fully saturated rings. The van der Waals surface area contributed by atoms with E-state index in [0.29, 0.717) is 5.75 Å². The lowest BCUT2D eigenvalue weighted by molar-refractivity contribution is -0.116. The first kappa shape index (κ1) is 18.8. The molecule has 0 heterocycles. The number of ether oxygens (including phenoxy) is 1. The van der Waals surface area contributed by atoms with E-state index in [9.17, 15) is 22.0 Å². The van der Waals surface area contributed by atoms with Crippen molar-refractivity contribution in [2.45, 2.75) is 4.90 Å². The van der Waals surface area contributed by atoms with Gasteiger partial charge < -0.3 is 10.1 Å². The highest BCUT2D eigenvalue weighted by molar-refractivity contribution is 7.89. The van der Waals surface area contributed by atoms with Crippen molar-refractivity contribution in [3.63, 3.8) is 0 Å². The van der Waals surface area contributed by atoms with E-state index >= 15 is 0 Å². The zero-order chi connectivity index (χ0) is 18.6. The molecule has 0 aromatic heterocycles. The maximum absolute atomic E-state index is 13.5. The number of rotatable bonds is 6. The van der Waals surface area contributed by atoms with Crippen LogP contribution in [0.5, 0.6) is 5.75 Å². The highest BCUT2D eigenvalue weighted by Crippen LogP contribution is 2.19. The zero-order valence-corrected chi connectivity index (χ0v) is 14.3. The third kappa shape index (κ3) is 4.52. The van der Waals surface area contributed by atoms with Crippen molar-refractivity contribution in [3.05, 3.63) is 54.1 Å². The number of anilines is 1. The largest absolute Gasteiger partial charge is 0.497 e. The molecule has 6 nitrogen and oxygen atoms in total. The quantitative estimate of drug-likeness (QED) is 0.846. The molecule has 0 aliphatic rings. The number of hydrogen-bond donors (Lipinski definition) is 1. The fourth-order valence-corrected chi connectivity index (χ4v) is 3.12. The highest BCUT2D eigenvalue weighted by Gasteiger charge is 2.23. The summed E-state index contributed by atoms with van der Waals surface area (Å²) in [6.45, 7) is -0.565. The number of benzene rings is 2. The molecule has 0 saturated carbocycles. The van der Waals surface area contributed by atoms with E-state index in [-0.39, 0.29) is 10.6 Å². The van der Waals surface area contributed by atoms with Gasteiger partial charge in [-0.1, -0.05) is 0 Å². The maximum Gasteiger partial charge on any atom is 0.243 e. The molecule has 0 aliphatic carbocycles. The normalized spacial score (nSPS) is 11.4. The molecule has 0 saturated heterocycles. The van der Waals surface area contributed by atoms with Gasteiger partial charge in [-0.15, -0.1) is 0 Å². The Morgan fingerprint density at radius 3 is 2.40 bits per heavy atom. The van der Waals surface area contributed by atoms with E-state index < -0.39 is 34.1 Å². The van der Waals surface area contributed by atoms with Crippen LogP contribution in [0.2, 0.25) is 0 Å². The molecule has 2 aromatic carbocycles. The molecule has 9 heteroatoms. The van der Waals surface area contributed by atoms with Crippen LogP contribution in [0, 0.1) is 11.6 Å². The second kappa shape index (κ2) is 7.58. The molecule has 2 aromatic rings. The molecule has 0 atom stereocenters. The van der Waals surface area contributed by atoms with E-state index in [1.165, 1.54) is 38.4 Å². The summed E-state index contributed by atoms with van der Waals surface area (Å²) >= 11 is 0. The minimum atomic E-state index is -3.92. The zero-order valence-electron chi connectivity index (χ0n) is 13.5. The van der Waals surface area contributed by atoms with E-state index in [2.05, 4.69) is 5.32 Å². The summed E-state index contributed by atoms with van der Waals surface area (Å²) in [7, 11) is -1.26. The minimum Gasteiger partial charge on any atom is -0.497 e.